The van der Waals surface area contributed by atoms with Crippen LogP contribution >= 0.6 is 11.6 Å². The van der Waals surface area contributed by atoms with Gasteiger partial charge in [-0.05, 0) is 17.0 Å². The predicted octanol–water partition coefficient (Wildman–Crippen LogP) is 4.19. The maximum Gasteiger partial charge on any atom is 0.238 e. The Balaban J connectivity index is 1.73. The second kappa shape index (κ2) is 8.70. The number of amides is 1. The highest BCUT2D eigenvalue weighted by Crippen LogP contribution is 2.42. The second-order valence-corrected chi connectivity index (χ2v) is 8.42. The predicted molar refractivity (Wildman–Crippen MR) is 121 cm³/mol. The highest BCUT2D eigenvalue weighted by atomic mass is 35.5. The number of halogens is 2. The summed E-state index contributed by atoms with van der Waals surface area (Å²) in [6, 6.07) is 9.38. The van der Waals surface area contributed by atoms with Crippen LogP contribution < -0.4 is 15.0 Å². The van der Waals surface area contributed by atoms with E-state index in [4.69, 9.17) is 16.3 Å². The third kappa shape index (κ3) is 3.86. The van der Waals surface area contributed by atoms with Gasteiger partial charge in [-0.3, -0.25) is 4.79 Å². The molecule has 0 atom stereocenters. The van der Waals surface area contributed by atoms with E-state index < -0.39 is 11.2 Å². The number of pyridine rings is 1. The van der Waals surface area contributed by atoms with Crippen molar-refractivity contribution >= 4 is 29.0 Å². The van der Waals surface area contributed by atoms with E-state index in [1.54, 1.807) is 4.90 Å². The Morgan fingerprint density at radius 1 is 1.25 bits per heavy atom. The molecule has 1 N–H and O–H groups in total. The van der Waals surface area contributed by atoms with Gasteiger partial charge in [-0.25, -0.2) is 19.3 Å². The summed E-state index contributed by atoms with van der Waals surface area (Å²) in [6.45, 7) is 4.69. The van der Waals surface area contributed by atoms with Crippen molar-refractivity contribution in [3.05, 3.63) is 71.2 Å². The molecule has 3 heterocycles. The Labute approximate surface area is 190 Å². The SMILES string of the molecule is COc1cc(Cl)ncc1NC(=O)C1(c2ccccc2C(C)C)CN(c2ncncc2F)C1. The molecule has 4 rings (SSSR count). The molecule has 1 aliphatic rings. The summed E-state index contributed by atoms with van der Waals surface area (Å²) < 4.78 is 19.7. The largest absolute Gasteiger partial charge is 0.494 e. The Bertz CT molecular complexity index is 1150. The molecule has 1 aliphatic heterocycles. The molecule has 1 fully saturated rings. The number of aromatic nitrogens is 3. The molecule has 1 aromatic carbocycles. The van der Waals surface area contributed by atoms with E-state index in [-0.39, 0.29) is 35.9 Å². The maximum atomic E-state index is 14.3. The fraction of sp³-hybridized carbons (Fsp3) is 0.304. The van der Waals surface area contributed by atoms with Gasteiger partial charge in [0.25, 0.3) is 0 Å². The molecule has 1 saturated heterocycles. The molecule has 7 nitrogen and oxygen atoms in total. The van der Waals surface area contributed by atoms with Crippen molar-refractivity contribution in [3.8, 4) is 5.75 Å². The summed E-state index contributed by atoms with van der Waals surface area (Å²) in [7, 11) is 1.49. The molecule has 0 radical (unpaired) electrons. The molecule has 2 aromatic heterocycles. The van der Waals surface area contributed by atoms with Crippen molar-refractivity contribution in [2.45, 2.75) is 25.2 Å². The van der Waals surface area contributed by atoms with E-state index in [1.165, 1.54) is 25.7 Å². The molecular weight excluding hydrogens is 433 g/mol. The Hall–Kier alpha value is -3.26. The molecular formula is C23H23ClFN5O2. The van der Waals surface area contributed by atoms with Crippen molar-refractivity contribution in [2.24, 2.45) is 0 Å². The number of hydrogen-bond donors (Lipinski definition) is 1. The van der Waals surface area contributed by atoms with Crippen LogP contribution in [-0.4, -0.2) is 41.1 Å². The number of hydrogen-bond acceptors (Lipinski definition) is 6. The van der Waals surface area contributed by atoms with E-state index in [1.807, 2.05) is 24.3 Å². The second-order valence-electron chi connectivity index (χ2n) is 8.04. The Morgan fingerprint density at radius 2 is 2.00 bits per heavy atom. The lowest BCUT2D eigenvalue weighted by Crippen LogP contribution is -2.66. The fourth-order valence-corrected chi connectivity index (χ4v) is 4.23. The lowest BCUT2D eigenvalue weighted by molar-refractivity contribution is -0.122. The molecule has 0 spiro atoms. The van der Waals surface area contributed by atoms with Crippen LogP contribution in [0.15, 0.2) is 49.1 Å². The highest BCUT2D eigenvalue weighted by molar-refractivity contribution is 6.29. The molecule has 166 valence electrons. The summed E-state index contributed by atoms with van der Waals surface area (Å²) in [4.78, 5) is 27.3. The third-order valence-electron chi connectivity index (χ3n) is 5.70. The van der Waals surface area contributed by atoms with Gasteiger partial charge in [0.2, 0.25) is 5.91 Å². The van der Waals surface area contributed by atoms with Gasteiger partial charge in [0, 0.05) is 19.2 Å². The summed E-state index contributed by atoms with van der Waals surface area (Å²) in [5, 5.41) is 3.20. The van der Waals surface area contributed by atoms with E-state index in [0.717, 1.165) is 17.3 Å². The smallest absolute Gasteiger partial charge is 0.238 e. The quantitative estimate of drug-likeness (QED) is 0.561. The molecule has 3 aromatic rings. The topological polar surface area (TPSA) is 80.2 Å². The van der Waals surface area contributed by atoms with Crippen molar-refractivity contribution < 1.29 is 13.9 Å². The zero-order chi connectivity index (χ0) is 22.9. The van der Waals surface area contributed by atoms with Crippen molar-refractivity contribution in [1.29, 1.82) is 0 Å². The molecule has 9 heteroatoms. The summed E-state index contributed by atoms with van der Waals surface area (Å²) in [5.41, 5.74) is 1.46. The van der Waals surface area contributed by atoms with Crippen molar-refractivity contribution in [2.75, 3.05) is 30.4 Å². The molecule has 0 unspecified atom stereocenters. The summed E-state index contributed by atoms with van der Waals surface area (Å²) in [6.07, 6.45) is 3.88. The van der Waals surface area contributed by atoms with E-state index in [0.29, 0.717) is 11.4 Å². The van der Waals surface area contributed by atoms with Crippen LogP contribution in [0, 0.1) is 5.82 Å². The molecule has 0 bridgehead atoms. The number of rotatable bonds is 6. The summed E-state index contributed by atoms with van der Waals surface area (Å²) in [5.74, 6) is 0.0215. The monoisotopic (exact) mass is 455 g/mol. The van der Waals surface area contributed by atoms with Gasteiger partial charge in [-0.1, -0.05) is 49.7 Å². The third-order valence-corrected chi connectivity index (χ3v) is 5.91. The Morgan fingerprint density at radius 3 is 2.69 bits per heavy atom. The van der Waals surface area contributed by atoms with Gasteiger partial charge < -0.3 is 15.0 Å². The molecule has 32 heavy (non-hydrogen) atoms. The van der Waals surface area contributed by atoms with Crippen LogP contribution in [-0.2, 0) is 10.2 Å². The highest BCUT2D eigenvalue weighted by Gasteiger charge is 2.53. The van der Waals surface area contributed by atoms with Gasteiger partial charge in [-0.15, -0.1) is 0 Å². The molecule has 0 aliphatic carbocycles. The zero-order valence-electron chi connectivity index (χ0n) is 18.0. The maximum absolute atomic E-state index is 14.3. The lowest BCUT2D eigenvalue weighted by atomic mass is 9.69. The standard InChI is InChI=1S/C23H23ClFN5O2/c1-14(2)15-6-4-5-7-16(15)23(11-30(12-23)21-17(25)9-26-13-28-21)22(31)29-18-10-27-20(24)8-19(18)32-3/h4-10,13-14H,11-12H2,1-3H3,(H,29,31). The number of anilines is 2. The number of nitrogens with zero attached hydrogens (tertiary/aromatic N) is 4. The van der Waals surface area contributed by atoms with Crippen molar-refractivity contribution in [3.63, 3.8) is 0 Å². The minimum Gasteiger partial charge on any atom is -0.494 e. The van der Waals surface area contributed by atoms with Gasteiger partial charge >= 0.3 is 0 Å². The van der Waals surface area contributed by atoms with Gasteiger partial charge in [0.1, 0.15) is 28.3 Å². The van der Waals surface area contributed by atoms with E-state index in [2.05, 4.69) is 34.1 Å². The first-order chi connectivity index (χ1) is 15.4. The number of carbonyl (C=O) groups is 1. The average molecular weight is 456 g/mol. The van der Waals surface area contributed by atoms with Crippen LogP contribution in [0.5, 0.6) is 5.75 Å². The van der Waals surface area contributed by atoms with Crippen LogP contribution in [0.3, 0.4) is 0 Å². The van der Waals surface area contributed by atoms with Gasteiger partial charge in [0.05, 0.1) is 19.5 Å². The van der Waals surface area contributed by atoms with E-state index in [9.17, 15) is 9.18 Å². The first-order valence-electron chi connectivity index (χ1n) is 10.2. The minimum absolute atomic E-state index is 0.177. The first-order valence-corrected chi connectivity index (χ1v) is 10.5. The first kappa shape index (κ1) is 22.0. The van der Waals surface area contributed by atoms with Crippen LogP contribution in [0.1, 0.15) is 30.9 Å². The molecule has 1 amide bonds. The lowest BCUT2D eigenvalue weighted by Gasteiger charge is -2.50. The number of ether oxygens (including phenoxy) is 1. The number of nitrogens with one attached hydrogen (secondary N) is 1. The van der Waals surface area contributed by atoms with Crippen LogP contribution in [0.4, 0.5) is 15.9 Å². The molecule has 0 saturated carbocycles. The van der Waals surface area contributed by atoms with Crippen molar-refractivity contribution in [1.82, 2.24) is 15.0 Å². The van der Waals surface area contributed by atoms with Crippen LogP contribution in [0.25, 0.3) is 0 Å². The van der Waals surface area contributed by atoms with E-state index >= 15 is 0 Å². The summed E-state index contributed by atoms with van der Waals surface area (Å²) >= 11 is 5.96. The number of benzene rings is 1. The average Bonchev–Trinajstić information content (AvgIpc) is 2.75. The van der Waals surface area contributed by atoms with Crippen LogP contribution in [0.2, 0.25) is 5.15 Å². The number of methoxy groups -OCH3 is 1. The minimum atomic E-state index is -0.914. The Kier molecular flexibility index (Phi) is 5.97. The van der Waals surface area contributed by atoms with Gasteiger partial charge in [0.15, 0.2) is 11.6 Å². The fourth-order valence-electron chi connectivity index (χ4n) is 4.08. The zero-order valence-corrected chi connectivity index (χ0v) is 18.7. The number of carbonyl (C=O) groups excluding carboxylic acids is 1. The normalized spacial score (nSPS) is 14.8. The van der Waals surface area contributed by atoms with Gasteiger partial charge in [-0.2, -0.15) is 0 Å².